The van der Waals surface area contributed by atoms with Gasteiger partial charge in [-0.25, -0.2) is 0 Å². The van der Waals surface area contributed by atoms with E-state index in [-0.39, 0.29) is 23.4 Å². The molecule has 4 nitrogen and oxygen atoms in total. The zero-order chi connectivity index (χ0) is 19.3. The normalized spacial score (nSPS) is 19.8. The van der Waals surface area contributed by atoms with Crippen LogP contribution in [0.15, 0.2) is 60.7 Å². The SMILES string of the molecule is CC1(C)CN(CCC(=O)NC(c2ccccc2)c2ccccc2)CCC1N. The molecule has 144 valence electrons. The molecule has 4 heteroatoms. The molecule has 1 saturated heterocycles. The summed E-state index contributed by atoms with van der Waals surface area (Å²) < 4.78 is 0. The van der Waals surface area contributed by atoms with E-state index in [0.29, 0.717) is 6.42 Å². The third-order valence-corrected chi connectivity index (χ3v) is 5.62. The molecular weight excluding hydrogens is 334 g/mol. The molecule has 0 spiro atoms. The van der Waals surface area contributed by atoms with Gasteiger partial charge < -0.3 is 16.0 Å². The highest BCUT2D eigenvalue weighted by atomic mass is 16.1. The van der Waals surface area contributed by atoms with Crippen LogP contribution < -0.4 is 11.1 Å². The largest absolute Gasteiger partial charge is 0.345 e. The number of likely N-dealkylation sites (tertiary alicyclic amines) is 1. The van der Waals surface area contributed by atoms with Gasteiger partial charge >= 0.3 is 0 Å². The molecule has 27 heavy (non-hydrogen) atoms. The lowest BCUT2D eigenvalue weighted by atomic mass is 9.79. The molecule has 3 rings (SSSR count). The van der Waals surface area contributed by atoms with Crippen molar-refractivity contribution in [2.24, 2.45) is 11.1 Å². The molecule has 0 aromatic heterocycles. The molecule has 1 unspecified atom stereocenters. The Kier molecular flexibility index (Phi) is 6.30. The van der Waals surface area contributed by atoms with E-state index in [1.165, 1.54) is 0 Å². The maximum absolute atomic E-state index is 12.7. The van der Waals surface area contributed by atoms with Crippen LogP contribution in [0.4, 0.5) is 0 Å². The Labute approximate surface area is 162 Å². The van der Waals surface area contributed by atoms with Gasteiger partial charge in [0, 0.05) is 25.6 Å². The topological polar surface area (TPSA) is 58.4 Å². The van der Waals surface area contributed by atoms with Crippen molar-refractivity contribution in [3.63, 3.8) is 0 Å². The van der Waals surface area contributed by atoms with E-state index < -0.39 is 0 Å². The fraction of sp³-hybridized carbons (Fsp3) is 0.435. The van der Waals surface area contributed by atoms with Crippen LogP contribution in [0.2, 0.25) is 0 Å². The number of carbonyl (C=O) groups excluding carboxylic acids is 1. The van der Waals surface area contributed by atoms with E-state index >= 15 is 0 Å². The number of nitrogens with two attached hydrogens (primary N) is 1. The molecule has 0 aliphatic carbocycles. The summed E-state index contributed by atoms with van der Waals surface area (Å²) in [5.74, 6) is 0.0837. The fourth-order valence-electron chi connectivity index (χ4n) is 3.82. The molecule has 1 aliphatic heterocycles. The number of amides is 1. The molecule has 2 aromatic rings. The van der Waals surface area contributed by atoms with Crippen LogP contribution in [-0.4, -0.2) is 36.5 Å². The van der Waals surface area contributed by atoms with E-state index in [9.17, 15) is 4.79 Å². The quantitative estimate of drug-likeness (QED) is 0.825. The van der Waals surface area contributed by atoms with E-state index in [1.54, 1.807) is 0 Å². The van der Waals surface area contributed by atoms with E-state index in [4.69, 9.17) is 5.73 Å². The molecule has 1 fully saturated rings. The lowest BCUT2D eigenvalue weighted by Gasteiger charge is -2.42. The fourth-order valence-corrected chi connectivity index (χ4v) is 3.82. The van der Waals surface area contributed by atoms with Gasteiger partial charge in [0.25, 0.3) is 0 Å². The van der Waals surface area contributed by atoms with Crippen LogP contribution in [0.5, 0.6) is 0 Å². The van der Waals surface area contributed by atoms with Gasteiger partial charge in [-0.2, -0.15) is 0 Å². The maximum Gasteiger partial charge on any atom is 0.222 e. The number of rotatable bonds is 6. The first-order valence-electron chi connectivity index (χ1n) is 9.83. The van der Waals surface area contributed by atoms with Gasteiger partial charge in [0.05, 0.1) is 6.04 Å². The number of hydrogen-bond donors (Lipinski definition) is 2. The van der Waals surface area contributed by atoms with Gasteiger partial charge in [-0.3, -0.25) is 4.79 Å². The van der Waals surface area contributed by atoms with E-state index in [1.807, 2.05) is 36.4 Å². The van der Waals surface area contributed by atoms with Crippen molar-refractivity contribution in [1.29, 1.82) is 0 Å². The van der Waals surface area contributed by atoms with Gasteiger partial charge in [-0.1, -0.05) is 74.5 Å². The molecule has 1 atom stereocenters. The molecule has 0 bridgehead atoms. The maximum atomic E-state index is 12.7. The summed E-state index contributed by atoms with van der Waals surface area (Å²) in [6, 6.07) is 20.4. The molecule has 1 amide bonds. The second kappa shape index (κ2) is 8.68. The van der Waals surface area contributed by atoms with Gasteiger partial charge in [0.2, 0.25) is 5.91 Å². The molecule has 3 N–H and O–H groups in total. The Bertz CT molecular complexity index is 690. The van der Waals surface area contributed by atoms with Crippen molar-refractivity contribution >= 4 is 5.91 Å². The summed E-state index contributed by atoms with van der Waals surface area (Å²) in [6.45, 7) is 7.12. The lowest BCUT2D eigenvalue weighted by molar-refractivity contribution is -0.122. The van der Waals surface area contributed by atoms with E-state index in [2.05, 4.69) is 48.3 Å². The molecule has 1 heterocycles. The van der Waals surface area contributed by atoms with Crippen LogP contribution in [0.3, 0.4) is 0 Å². The summed E-state index contributed by atoms with van der Waals surface area (Å²) in [5.41, 5.74) is 8.52. The van der Waals surface area contributed by atoms with Crippen molar-refractivity contribution in [1.82, 2.24) is 10.2 Å². The van der Waals surface area contributed by atoms with Crippen molar-refractivity contribution in [3.05, 3.63) is 71.8 Å². The summed E-state index contributed by atoms with van der Waals surface area (Å²) >= 11 is 0. The third kappa shape index (κ3) is 5.18. The molecular formula is C23H31N3O. The van der Waals surface area contributed by atoms with Gasteiger partial charge in [-0.05, 0) is 29.5 Å². The zero-order valence-electron chi connectivity index (χ0n) is 16.4. The van der Waals surface area contributed by atoms with Crippen LogP contribution >= 0.6 is 0 Å². The van der Waals surface area contributed by atoms with Crippen molar-refractivity contribution in [2.45, 2.75) is 38.8 Å². The standard InChI is InChI=1S/C23H31N3O/c1-23(2)17-26(15-13-20(23)24)16-14-21(27)25-22(18-9-5-3-6-10-18)19-11-7-4-8-12-19/h3-12,20,22H,13-17,24H2,1-2H3,(H,25,27). The number of benzene rings is 2. The predicted molar refractivity (Wildman–Crippen MR) is 110 cm³/mol. The van der Waals surface area contributed by atoms with Gasteiger partial charge in [0.1, 0.15) is 0 Å². The summed E-state index contributed by atoms with van der Waals surface area (Å²) in [6.07, 6.45) is 1.49. The Morgan fingerprint density at radius 1 is 1.11 bits per heavy atom. The van der Waals surface area contributed by atoms with Crippen LogP contribution in [0.25, 0.3) is 0 Å². The third-order valence-electron chi connectivity index (χ3n) is 5.62. The molecule has 2 aromatic carbocycles. The highest BCUT2D eigenvalue weighted by molar-refractivity contribution is 5.77. The van der Waals surface area contributed by atoms with Crippen molar-refractivity contribution in [3.8, 4) is 0 Å². The van der Waals surface area contributed by atoms with Crippen LogP contribution in [0.1, 0.15) is 43.9 Å². The number of carbonyl (C=O) groups is 1. The van der Waals surface area contributed by atoms with Crippen molar-refractivity contribution < 1.29 is 4.79 Å². The lowest BCUT2D eigenvalue weighted by Crippen LogP contribution is -2.52. The Hall–Kier alpha value is -2.17. The summed E-state index contributed by atoms with van der Waals surface area (Å²) in [5, 5.41) is 3.23. The first-order chi connectivity index (χ1) is 13.0. The summed E-state index contributed by atoms with van der Waals surface area (Å²) in [4.78, 5) is 15.1. The average Bonchev–Trinajstić information content (AvgIpc) is 2.68. The highest BCUT2D eigenvalue weighted by Crippen LogP contribution is 2.27. The van der Waals surface area contributed by atoms with Crippen LogP contribution in [0, 0.1) is 5.41 Å². The zero-order valence-corrected chi connectivity index (χ0v) is 16.4. The summed E-state index contributed by atoms with van der Waals surface area (Å²) in [7, 11) is 0. The molecule has 1 aliphatic rings. The number of piperidine rings is 1. The van der Waals surface area contributed by atoms with Gasteiger partial charge in [-0.15, -0.1) is 0 Å². The second-order valence-electron chi connectivity index (χ2n) is 8.23. The first-order valence-corrected chi connectivity index (χ1v) is 9.83. The predicted octanol–water partition coefficient (Wildman–Crippen LogP) is 3.34. The Morgan fingerprint density at radius 3 is 2.19 bits per heavy atom. The average molecular weight is 366 g/mol. The number of nitrogens with zero attached hydrogens (tertiary/aromatic N) is 1. The number of hydrogen-bond acceptors (Lipinski definition) is 3. The monoisotopic (exact) mass is 365 g/mol. The minimum absolute atomic E-state index is 0.0837. The highest BCUT2D eigenvalue weighted by Gasteiger charge is 2.33. The van der Waals surface area contributed by atoms with E-state index in [0.717, 1.165) is 37.2 Å². The molecule has 0 saturated carbocycles. The smallest absolute Gasteiger partial charge is 0.222 e. The van der Waals surface area contributed by atoms with Gasteiger partial charge in [0.15, 0.2) is 0 Å². The Balaban J connectivity index is 1.62. The minimum atomic E-state index is -0.119. The second-order valence-corrected chi connectivity index (χ2v) is 8.23. The number of nitrogens with one attached hydrogen (secondary N) is 1. The minimum Gasteiger partial charge on any atom is -0.345 e. The Morgan fingerprint density at radius 2 is 1.67 bits per heavy atom. The van der Waals surface area contributed by atoms with Crippen molar-refractivity contribution in [2.75, 3.05) is 19.6 Å². The molecule has 0 radical (unpaired) electrons. The first kappa shape index (κ1) is 19.6. The van der Waals surface area contributed by atoms with Crippen LogP contribution in [-0.2, 0) is 4.79 Å².